The van der Waals surface area contributed by atoms with E-state index in [-0.39, 0.29) is 42.1 Å². The van der Waals surface area contributed by atoms with Crippen LogP contribution >= 0.6 is 0 Å². The van der Waals surface area contributed by atoms with E-state index in [2.05, 4.69) is 9.72 Å². The van der Waals surface area contributed by atoms with Crippen LogP contribution in [0.5, 0.6) is 11.8 Å². The summed E-state index contributed by atoms with van der Waals surface area (Å²) in [5.74, 6) is -0.466. The first kappa shape index (κ1) is 19.5. The third-order valence-corrected chi connectivity index (χ3v) is 4.02. The molecule has 1 aromatic rings. The van der Waals surface area contributed by atoms with Crippen molar-refractivity contribution in [2.45, 2.75) is 25.7 Å². The summed E-state index contributed by atoms with van der Waals surface area (Å²) >= 11 is 0. The molecule has 0 bridgehead atoms. The average Bonchev–Trinajstić information content (AvgIpc) is 3.16. The summed E-state index contributed by atoms with van der Waals surface area (Å²) in [6.07, 6.45) is 1.38. The van der Waals surface area contributed by atoms with Crippen molar-refractivity contribution in [3.63, 3.8) is 0 Å². The molecule has 9 nitrogen and oxygen atoms in total. The Morgan fingerprint density at radius 2 is 1.77 bits per heavy atom. The lowest BCUT2D eigenvalue weighted by molar-refractivity contribution is -0.142. The van der Waals surface area contributed by atoms with Gasteiger partial charge in [-0.3, -0.25) is 19.4 Å². The van der Waals surface area contributed by atoms with Crippen LogP contribution in [-0.2, 0) is 14.3 Å². The zero-order valence-electron chi connectivity index (χ0n) is 15.2. The van der Waals surface area contributed by atoms with E-state index in [9.17, 15) is 14.4 Å². The van der Waals surface area contributed by atoms with Gasteiger partial charge >= 0.3 is 5.97 Å². The van der Waals surface area contributed by atoms with Crippen LogP contribution in [0.25, 0.3) is 0 Å². The largest absolute Gasteiger partial charge is 0.481 e. The number of aromatic nitrogens is 1. The predicted molar refractivity (Wildman–Crippen MR) is 90.6 cm³/mol. The van der Waals surface area contributed by atoms with Crippen molar-refractivity contribution in [1.82, 2.24) is 15.0 Å². The highest BCUT2D eigenvalue weighted by molar-refractivity contribution is 5.97. The van der Waals surface area contributed by atoms with E-state index < -0.39 is 0 Å². The highest BCUT2D eigenvalue weighted by atomic mass is 16.5. The second-order valence-corrected chi connectivity index (χ2v) is 5.64. The summed E-state index contributed by atoms with van der Waals surface area (Å²) in [4.78, 5) is 40.6. The van der Waals surface area contributed by atoms with Gasteiger partial charge in [-0.15, -0.1) is 0 Å². The predicted octanol–water partition coefficient (Wildman–Crippen LogP) is 1.03. The van der Waals surface area contributed by atoms with Gasteiger partial charge in [-0.1, -0.05) is 0 Å². The number of ether oxygens (including phenoxy) is 3. The number of hydrogen-bond donors (Lipinski definition) is 0. The van der Waals surface area contributed by atoms with Gasteiger partial charge in [0.25, 0.3) is 5.91 Å². The van der Waals surface area contributed by atoms with Gasteiger partial charge in [0.15, 0.2) is 0 Å². The average molecular weight is 365 g/mol. The Hall–Kier alpha value is -2.84. The van der Waals surface area contributed by atoms with Crippen LogP contribution in [0.3, 0.4) is 0 Å². The second-order valence-electron chi connectivity index (χ2n) is 5.64. The van der Waals surface area contributed by atoms with E-state index in [0.29, 0.717) is 31.8 Å². The molecule has 0 spiro atoms. The molecule has 0 saturated carbocycles. The van der Waals surface area contributed by atoms with Crippen molar-refractivity contribution in [3.8, 4) is 11.8 Å². The fourth-order valence-corrected chi connectivity index (χ4v) is 2.69. The van der Waals surface area contributed by atoms with Gasteiger partial charge in [-0.05, 0) is 18.9 Å². The third kappa shape index (κ3) is 4.41. The van der Waals surface area contributed by atoms with Crippen molar-refractivity contribution in [1.29, 1.82) is 0 Å². The van der Waals surface area contributed by atoms with Crippen molar-refractivity contribution in [2.24, 2.45) is 0 Å². The molecule has 142 valence electrons. The van der Waals surface area contributed by atoms with Crippen LogP contribution in [0, 0.1) is 0 Å². The van der Waals surface area contributed by atoms with Crippen LogP contribution in [-0.4, -0.2) is 67.2 Å². The monoisotopic (exact) mass is 365 g/mol. The number of methoxy groups -OCH3 is 3. The Morgan fingerprint density at radius 1 is 1.04 bits per heavy atom. The molecule has 2 heterocycles. The minimum absolute atomic E-state index is 0.138. The lowest BCUT2D eigenvalue weighted by Gasteiger charge is -2.28. The maximum absolute atomic E-state index is 12.9. The van der Waals surface area contributed by atoms with E-state index in [4.69, 9.17) is 9.47 Å². The van der Waals surface area contributed by atoms with Crippen LogP contribution in [0.15, 0.2) is 12.1 Å². The molecular formula is C17H23N3O6. The van der Waals surface area contributed by atoms with Crippen LogP contribution in [0.4, 0.5) is 0 Å². The molecule has 1 aliphatic heterocycles. The van der Waals surface area contributed by atoms with Gasteiger partial charge in [-0.2, -0.15) is 4.98 Å². The molecule has 0 aliphatic carbocycles. The summed E-state index contributed by atoms with van der Waals surface area (Å²) < 4.78 is 14.8. The molecule has 0 unspecified atom stereocenters. The fourth-order valence-electron chi connectivity index (χ4n) is 2.69. The van der Waals surface area contributed by atoms with Crippen molar-refractivity contribution < 1.29 is 28.6 Å². The molecule has 26 heavy (non-hydrogen) atoms. The molecule has 1 aromatic heterocycles. The molecule has 1 saturated heterocycles. The summed E-state index contributed by atoms with van der Waals surface area (Å²) in [6.45, 7) is 0.880. The Morgan fingerprint density at radius 3 is 2.42 bits per heavy atom. The van der Waals surface area contributed by atoms with Gasteiger partial charge in [-0.25, -0.2) is 5.01 Å². The Kier molecular flexibility index (Phi) is 6.76. The highest BCUT2D eigenvalue weighted by Gasteiger charge is 2.32. The number of carbonyl (C=O) groups is 3. The number of pyridine rings is 1. The Labute approximate surface area is 151 Å². The first-order valence-electron chi connectivity index (χ1n) is 8.29. The van der Waals surface area contributed by atoms with E-state index in [0.717, 1.165) is 0 Å². The standard InChI is InChI=1S/C17H23N3O6/c1-24-13-9-8-12(16(18-13)26-3)17(23)20-11-5-10-19(20)14(21)6-4-7-15(22)25-2/h8-9H,4-7,10-11H2,1-3H3. The quantitative estimate of drug-likeness (QED) is 0.666. The number of amides is 2. The maximum Gasteiger partial charge on any atom is 0.305 e. The Bertz CT molecular complexity index is 678. The van der Waals surface area contributed by atoms with Gasteiger partial charge in [0, 0.05) is 32.0 Å². The molecule has 2 rings (SSSR count). The number of hydrazine groups is 1. The van der Waals surface area contributed by atoms with E-state index in [1.54, 1.807) is 12.1 Å². The lowest BCUT2D eigenvalue weighted by Crippen LogP contribution is -2.45. The first-order valence-corrected chi connectivity index (χ1v) is 8.29. The highest BCUT2D eigenvalue weighted by Crippen LogP contribution is 2.24. The SMILES string of the molecule is COC(=O)CCCC(=O)N1CCCN1C(=O)c1ccc(OC)nc1OC. The summed E-state index contributed by atoms with van der Waals surface area (Å²) in [5, 5.41) is 2.82. The topological polar surface area (TPSA) is 98.3 Å². The minimum Gasteiger partial charge on any atom is -0.481 e. The molecule has 1 fully saturated rings. The molecule has 0 radical (unpaired) electrons. The molecule has 9 heteroatoms. The van der Waals surface area contributed by atoms with Crippen LogP contribution in [0.2, 0.25) is 0 Å². The molecule has 2 amide bonds. The summed E-state index contributed by atoms with van der Waals surface area (Å²) in [7, 11) is 4.19. The molecule has 0 atom stereocenters. The van der Waals surface area contributed by atoms with Crippen LogP contribution < -0.4 is 9.47 Å². The lowest BCUT2D eigenvalue weighted by atomic mass is 10.2. The van der Waals surface area contributed by atoms with Gasteiger partial charge in [0.1, 0.15) is 5.56 Å². The van der Waals surface area contributed by atoms with E-state index in [1.165, 1.54) is 31.3 Å². The molecule has 0 N–H and O–H groups in total. The number of nitrogens with zero attached hydrogens (tertiary/aromatic N) is 3. The zero-order valence-corrected chi connectivity index (χ0v) is 15.2. The molecular weight excluding hydrogens is 342 g/mol. The minimum atomic E-state index is -0.365. The molecule has 1 aliphatic rings. The summed E-state index contributed by atoms with van der Waals surface area (Å²) in [5.41, 5.74) is 0.252. The van der Waals surface area contributed by atoms with Gasteiger partial charge < -0.3 is 14.2 Å². The first-order chi connectivity index (χ1) is 12.5. The number of esters is 1. The Balaban J connectivity index is 2.08. The van der Waals surface area contributed by atoms with Gasteiger partial charge in [0.05, 0.1) is 21.3 Å². The van der Waals surface area contributed by atoms with Crippen molar-refractivity contribution in [3.05, 3.63) is 17.7 Å². The zero-order chi connectivity index (χ0) is 19.1. The maximum atomic E-state index is 12.9. The second kappa shape index (κ2) is 9.02. The van der Waals surface area contributed by atoms with Gasteiger partial charge in [0.2, 0.25) is 17.7 Å². The third-order valence-electron chi connectivity index (χ3n) is 4.02. The van der Waals surface area contributed by atoms with Crippen molar-refractivity contribution in [2.75, 3.05) is 34.4 Å². The van der Waals surface area contributed by atoms with Crippen molar-refractivity contribution >= 4 is 17.8 Å². The van der Waals surface area contributed by atoms with E-state index in [1.807, 2.05) is 0 Å². The number of carbonyl (C=O) groups excluding carboxylic acids is 3. The molecule has 0 aromatic carbocycles. The summed E-state index contributed by atoms with van der Waals surface area (Å²) in [6, 6.07) is 3.12. The fraction of sp³-hybridized carbons (Fsp3) is 0.529. The van der Waals surface area contributed by atoms with E-state index >= 15 is 0 Å². The number of rotatable bonds is 7. The smallest absolute Gasteiger partial charge is 0.305 e. The number of hydrogen-bond acceptors (Lipinski definition) is 7. The normalized spacial score (nSPS) is 13.5. The van der Waals surface area contributed by atoms with Crippen LogP contribution in [0.1, 0.15) is 36.0 Å².